The van der Waals surface area contributed by atoms with Gasteiger partial charge >= 0.3 is 0 Å². The largest absolute Gasteiger partial charge is 0.497 e. The number of aliphatic hydroxyl groups is 1. The Balaban J connectivity index is 1.39. The molecular weight excluding hydrogens is 607 g/mol. The lowest BCUT2D eigenvalue weighted by atomic mass is 9.82. The fraction of sp³-hybridized carbons (Fsp3) is 0.289. The first-order chi connectivity index (χ1) is 22.7. The molecule has 240 valence electrons. The van der Waals surface area contributed by atoms with E-state index in [-0.39, 0.29) is 35.6 Å². The highest BCUT2D eigenvalue weighted by Crippen LogP contribution is 2.60. The molecule has 0 bridgehead atoms. The van der Waals surface area contributed by atoms with Gasteiger partial charge in [-0.3, -0.25) is 9.59 Å². The van der Waals surface area contributed by atoms with Crippen molar-refractivity contribution in [1.82, 2.24) is 9.78 Å². The van der Waals surface area contributed by atoms with Gasteiger partial charge in [-0.1, -0.05) is 85.9 Å². The zero-order chi connectivity index (χ0) is 32.9. The number of anilines is 1. The summed E-state index contributed by atoms with van der Waals surface area (Å²) in [6.45, 7) is 7.09. The van der Waals surface area contributed by atoms with Crippen molar-refractivity contribution in [2.24, 2.45) is 5.92 Å². The van der Waals surface area contributed by atoms with Gasteiger partial charge in [0.15, 0.2) is 5.60 Å². The summed E-state index contributed by atoms with van der Waals surface area (Å²) in [7, 11) is -0.675. The molecule has 1 fully saturated rings. The summed E-state index contributed by atoms with van der Waals surface area (Å²) in [4.78, 5) is 30.5. The number of aliphatic hydroxyl groups excluding tert-OH is 1. The van der Waals surface area contributed by atoms with Crippen LogP contribution in [-0.4, -0.2) is 48.7 Å². The molecule has 4 aromatic carbocycles. The molecule has 0 saturated carbocycles. The number of hydrogen-bond donors (Lipinski definition) is 1. The molecule has 1 N–H and O–H groups in total. The summed E-state index contributed by atoms with van der Waals surface area (Å²) >= 11 is 0. The van der Waals surface area contributed by atoms with Crippen molar-refractivity contribution in [3.8, 4) is 11.4 Å². The van der Waals surface area contributed by atoms with E-state index in [4.69, 9.17) is 9.47 Å². The fourth-order valence-corrected chi connectivity index (χ4v) is 12.1. The molecule has 47 heavy (non-hydrogen) atoms. The minimum atomic E-state index is -2.33. The number of rotatable bonds is 8. The molecule has 2 aliphatic rings. The molecule has 1 spiro atoms. The van der Waals surface area contributed by atoms with Gasteiger partial charge in [-0.2, -0.15) is 9.78 Å². The van der Waals surface area contributed by atoms with Crippen LogP contribution in [0.15, 0.2) is 108 Å². The molecule has 2 aliphatic heterocycles. The number of benzene rings is 4. The van der Waals surface area contributed by atoms with Crippen LogP contribution in [0.4, 0.5) is 5.69 Å². The number of carbonyl (C=O) groups is 1. The Kier molecular flexibility index (Phi) is 7.86. The maximum Gasteiger partial charge on any atom is 0.279 e. The third-order valence-electron chi connectivity index (χ3n) is 10.4. The second-order valence-corrected chi connectivity index (χ2v) is 17.9. The molecular formula is C38H39N3O5Si. The predicted octanol–water partition coefficient (Wildman–Crippen LogP) is 5.54. The van der Waals surface area contributed by atoms with Gasteiger partial charge < -0.3 is 19.5 Å². The lowest BCUT2D eigenvalue weighted by Gasteiger charge is -2.37. The Morgan fingerprint density at radius 2 is 1.68 bits per heavy atom. The highest BCUT2D eigenvalue weighted by molar-refractivity contribution is 6.91. The maximum absolute atomic E-state index is 15.0. The second-order valence-electron chi connectivity index (χ2n) is 13.2. The number of amides is 1. The number of fused-ring (bicyclic) bond motifs is 3. The van der Waals surface area contributed by atoms with Crippen LogP contribution in [0.5, 0.6) is 5.75 Å². The molecule has 9 heteroatoms. The third-order valence-corrected chi connectivity index (χ3v) is 14.7. The van der Waals surface area contributed by atoms with Crippen LogP contribution in [-0.2, 0) is 21.7 Å². The van der Waals surface area contributed by atoms with Gasteiger partial charge in [-0.05, 0) is 53.9 Å². The molecule has 5 aromatic rings. The molecule has 4 atom stereocenters. The highest BCUT2D eigenvalue weighted by Gasteiger charge is 2.66. The van der Waals surface area contributed by atoms with Gasteiger partial charge in [-0.25, -0.2) is 0 Å². The summed E-state index contributed by atoms with van der Waals surface area (Å²) in [5.41, 5.74) is 1.53. The average molecular weight is 646 g/mol. The smallest absolute Gasteiger partial charge is 0.279 e. The van der Waals surface area contributed by atoms with Crippen LogP contribution >= 0.6 is 0 Å². The molecule has 7 rings (SSSR count). The van der Waals surface area contributed by atoms with Crippen molar-refractivity contribution < 1.29 is 19.4 Å². The van der Waals surface area contributed by atoms with Crippen molar-refractivity contribution in [1.29, 1.82) is 0 Å². The van der Waals surface area contributed by atoms with E-state index < -0.39 is 13.7 Å². The minimum Gasteiger partial charge on any atom is -0.497 e. The van der Waals surface area contributed by atoms with E-state index in [1.54, 1.807) is 19.4 Å². The third kappa shape index (κ3) is 4.92. The van der Waals surface area contributed by atoms with Gasteiger partial charge in [0.05, 0.1) is 50.8 Å². The van der Waals surface area contributed by atoms with Crippen LogP contribution in [0.25, 0.3) is 16.5 Å². The summed E-state index contributed by atoms with van der Waals surface area (Å²) in [5, 5.41) is 17.3. The first-order valence-corrected chi connectivity index (χ1v) is 19.2. The van der Waals surface area contributed by atoms with Crippen LogP contribution in [0.3, 0.4) is 0 Å². The molecule has 1 amide bonds. The van der Waals surface area contributed by atoms with E-state index in [2.05, 4.69) is 37.2 Å². The van der Waals surface area contributed by atoms with Crippen molar-refractivity contribution in [2.75, 3.05) is 18.6 Å². The summed E-state index contributed by atoms with van der Waals surface area (Å²) < 4.78 is 13.9. The zero-order valence-electron chi connectivity index (χ0n) is 27.1. The minimum absolute atomic E-state index is 0.00157. The summed E-state index contributed by atoms with van der Waals surface area (Å²) in [6.07, 6.45) is 1.76. The lowest BCUT2D eigenvalue weighted by molar-refractivity contribution is -0.146. The standard InChI is InChI=1S/C38H39N3O5Si/c1-25-35(47(3,4)30-17-15-29(45-2)16-18-30)34(20-21-42)46-38(25)32-22-28(41-36(43)31-13-9-8-12-27(31)23-39-41)14-19-33(32)40(37(38)44)24-26-10-6-5-7-11-26/h5-19,22-23,25,34-35,42H,20-21,24H2,1-4H3/t25-,34+,35-,38+/m1/s1. The first-order valence-electron chi connectivity index (χ1n) is 16.1. The van der Waals surface area contributed by atoms with Gasteiger partial charge in [-0.15, -0.1) is 0 Å². The Morgan fingerprint density at radius 1 is 0.957 bits per heavy atom. The van der Waals surface area contributed by atoms with E-state index in [0.717, 1.165) is 28.0 Å². The zero-order valence-corrected chi connectivity index (χ0v) is 28.1. The number of aromatic nitrogens is 2. The lowest BCUT2D eigenvalue weighted by Crippen LogP contribution is -2.51. The Morgan fingerprint density at radius 3 is 2.40 bits per heavy atom. The van der Waals surface area contributed by atoms with E-state index in [0.29, 0.717) is 24.0 Å². The van der Waals surface area contributed by atoms with Crippen molar-refractivity contribution in [3.63, 3.8) is 0 Å². The van der Waals surface area contributed by atoms with Gasteiger partial charge in [0.2, 0.25) is 0 Å². The van der Waals surface area contributed by atoms with Gasteiger partial charge in [0, 0.05) is 23.5 Å². The van der Waals surface area contributed by atoms with Crippen molar-refractivity contribution in [3.05, 3.63) is 125 Å². The maximum atomic E-state index is 15.0. The number of nitrogens with zero attached hydrogens (tertiary/aromatic N) is 3. The monoisotopic (exact) mass is 645 g/mol. The Hall–Kier alpha value is -4.57. The number of carbonyl (C=O) groups excluding carboxylic acids is 1. The molecule has 0 unspecified atom stereocenters. The van der Waals surface area contributed by atoms with Crippen LogP contribution in [0.1, 0.15) is 24.5 Å². The van der Waals surface area contributed by atoms with Gasteiger partial charge in [0.1, 0.15) is 5.75 Å². The summed E-state index contributed by atoms with van der Waals surface area (Å²) in [6, 6.07) is 31.2. The molecule has 0 aliphatic carbocycles. The number of methoxy groups -OCH3 is 1. The summed E-state index contributed by atoms with van der Waals surface area (Å²) in [5.74, 6) is 0.440. The molecule has 1 aromatic heterocycles. The first kappa shape index (κ1) is 31.0. The SMILES string of the molecule is COc1ccc([Si](C)(C)[C@H]2[C@H](CCO)O[C@@]3(C(=O)N(Cc4ccccc4)c4ccc(-n5ncc6ccccc6c5=O)cc43)[C@@H]2C)cc1. The van der Waals surface area contributed by atoms with Crippen molar-refractivity contribution in [2.45, 2.75) is 50.2 Å². The van der Waals surface area contributed by atoms with E-state index in [9.17, 15) is 14.7 Å². The Labute approximate surface area is 275 Å². The topological polar surface area (TPSA) is 93.9 Å². The number of hydrogen-bond acceptors (Lipinski definition) is 6. The average Bonchev–Trinajstić information content (AvgIpc) is 3.51. The predicted molar refractivity (Wildman–Crippen MR) is 186 cm³/mol. The molecule has 3 heterocycles. The van der Waals surface area contributed by atoms with Gasteiger partial charge in [0.25, 0.3) is 11.5 Å². The van der Waals surface area contributed by atoms with Crippen LogP contribution < -0.4 is 20.4 Å². The fourth-order valence-electron chi connectivity index (χ4n) is 8.03. The van der Waals surface area contributed by atoms with E-state index in [1.165, 1.54) is 9.87 Å². The van der Waals surface area contributed by atoms with Crippen LogP contribution in [0, 0.1) is 5.92 Å². The quantitative estimate of drug-likeness (QED) is 0.223. The van der Waals surface area contributed by atoms with Crippen molar-refractivity contribution >= 4 is 35.6 Å². The van der Waals surface area contributed by atoms with Crippen LogP contribution in [0.2, 0.25) is 18.6 Å². The Bertz CT molecular complexity index is 2010. The van der Waals surface area contributed by atoms with E-state index >= 15 is 0 Å². The second kappa shape index (κ2) is 11.9. The van der Waals surface area contributed by atoms with E-state index in [1.807, 2.05) is 83.8 Å². The highest BCUT2D eigenvalue weighted by atomic mass is 28.3. The molecule has 0 radical (unpaired) electrons. The molecule has 1 saturated heterocycles. The molecule has 8 nitrogen and oxygen atoms in total. The normalized spacial score (nSPS) is 22.3. The number of ether oxygens (including phenoxy) is 2.